The standard InChI is InChI=1S/C4H4F3NO2S/c1-2-3-8-11(9,10)4(5,6)7/h2-3H,1H2. The fourth-order valence-corrected chi connectivity index (χ4v) is 0.549. The van der Waals surface area contributed by atoms with Crippen molar-refractivity contribution < 1.29 is 21.6 Å². The Labute approximate surface area is 61.3 Å². The molecule has 0 unspecified atom stereocenters. The molecule has 0 heterocycles. The van der Waals surface area contributed by atoms with E-state index in [2.05, 4.69) is 11.0 Å². The van der Waals surface area contributed by atoms with Crippen LogP contribution in [0.2, 0.25) is 0 Å². The van der Waals surface area contributed by atoms with Crippen molar-refractivity contribution in [1.82, 2.24) is 0 Å². The summed E-state index contributed by atoms with van der Waals surface area (Å²) in [5, 5.41) is 0. The number of rotatable bonds is 2. The maximum absolute atomic E-state index is 11.4. The number of halogens is 3. The second kappa shape index (κ2) is 3.04. The number of nitrogens with zero attached hydrogens (tertiary/aromatic N) is 1. The number of alkyl halides is 3. The maximum Gasteiger partial charge on any atom is 0.518 e. The van der Waals surface area contributed by atoms with Gasteiger partial charge in [-0.25, -0.2) is 0 Å². The van der Waals surface area contributed by atoms with Gasteiger partial charge in [0, 0.05) is 6.21 Å². The highest BCUT2D eigenvalue weighted by molar-refractivity contribution is 7.91. The predicted molar refractivity (Wildman–Crippen MR) is 33.7 cm³/mol. The summed E-state index contributed by atoms with van der Waals surface area (Å²) in [5.41, 5.74) is -5.33. The van der Waals surface area contributed by atoms with Crippen molar-refractivity contribution in [3.8, 4) is 0 Å². The largest absolute Gasteiger partial charge is 0.518 e. The topological polar surface area (TPSA) is 46.5 Å². The molecule has 11 heavy (non-hydrogen) atoms. The molecule has 0 saturated carbocycles. The Hall–Kier alpha value is -0.850. The number of hydrogen-bond donors (Lipinski definition) is 0. The van der Waals surface area contributed by atoms with E-state index < -0.39 is 15.5 Å². The Kier molecular flexibility index (Phi) is 2.80. The van der Waals surface area contributed by atoms with Gasteiger partial charge in [-0.05, 0) is 0 Å². The van der Waals surface area contributed by atoms with E-state index in [4.69, 9.17) is 0 Å². The molecule has 0 bridgehead atoms. The van der Waals surface area contributed by atoms with E-state index in [1.54, 1.807) is 0 Å². The Bertz CT molecular complexity index is 264. The van der Waals surface area contributed by atoms with Crippen LogP contribution in [-0.4, -0.2) is 20.1 Å². The molecule has 0 aromatic carbocycles. The van der Waals surface area contributed by atoms with Gasteiger partial charge in [-0.15, -0.1) is 0 Å². The summed E-state index contributed by atoms with van der Waals surface area (Å²) >= 11 is 0. The van der Waals surface area contributed by atoms with Crippen molar-refractivity contribution in [3.63, 3.8) is 0 Å². The lowest BCUT2D eigenvalue weighted by molar-refractivity contribution is -0.0435. The molecule has 0 aliphatic rings. The first-order valence-electron chi connectivity index (χ1n) is 2.29. The van der Waals surface area contributed by atoms with Gasteiger partial charge in [-0.3, -0.25) is 0 Å². The van der Waals surface area contributed by atoms with E-state index in [0.29, 0.717) is 6.21 Å². The molecule has 0 saturated heterocycles. The monoisotopic (exact) mass is 187 g/mol. The summed E-state index contributed by atoms with van der Waals surface area (Å²) in [4.78, 5) is 0. The first kappa shape index (κ1) is 10.2. The molecule has 0 aromatic rings. The van der Waals surface area contributed by atoms with E-state index in [-0.39, 0.29) is 0 Å². The molecule has 0 amide bonds. The highest BCUT2D eigenvalue weighted by Crippen LogP contribution is 2.23. The van der Waals surface area contributed by atoms with Crippen LogP contribution in [-0.2, 0) is 10.0 Å². The SMILES string of the molecule is C=CC=NS(=O)(=O)C(F)(F)F. The molecule has 0 N–H and O–H groups in total. The molecule has 0 atom stereocenters. The van der Waals surface area contributed by atoms with Crippen molar-refractivity contribution >= 4 is 16.2 Å². The fraction of sp³-hybridized carbons (Fsp3) is 0.250. The van der Waals surface area contributed by atoms with Crippen LogP contribution < -0.4 is 0 Å². The summed E-state index contributed by atoms with van der Waals surface area (Å²) in [6, 6.07) is 0. The minimum atomic E-state index is -5.36. The summed E-state index contributed by atoms with van der Waals surface area (Å²) in [7, 11) is -5.36. The van der Waals surface area contributed by atoms with Crippen molar-refractivity contribution in [1.29, 1.82) is 0 Å². The van der Waals surface area contributed by atoms with Gasteiger partial charge >= 0.3 is 15.5 Å². The van der Waals surface area contributed by atoms with E-state index in [1.165, 1.54) is 0 Å². The Morgan fingerprint density at radius 3 is 2.09 bits per heavy atom. The zero-order valence-corrected chi connectivity index (χ0v) is 5.98. The maximum atomic E-state index is 11.4. The van der Waals surface area contributed by atoms with Gasteiger partial charge in [0.05, 0.1) is 0 Å². The highest BCUT2D eigenvalue weighted by Gasteiger charge is 2.45. The van der Waals surface area contributed by atoms with Gasteiger partial charge < -0.3 is 0 Å². The molecule has 0 rings (SSSR count). The normalized spacial score (nSPS) is 13.7. The second-order valence-electron chi connectivity index (χ2n) is 1.41. The van der Waals surface area contributed by atoms with E-state index >= 15 is 0 Å². The van der Waals surface area contributed by atoms with Crippen LogP contribution >= 0.6 is 0 Å². The third-order valence-electron chi connectivity index (χ3n) is 0.598. The molecule has 0 aliphatic heterocycles. The van der Waals surface area contributed by atoms with Gasteiger partial charge in [0.2, 0.25) is 0 Å². The first-order chi connectivity index (χ1) is 4.81. The van der Waals surface area contributed by atoms with Gasteiger partial charge in [0.1, 0.15) is 0 Å². The van der Waals surface area contributed by atoms with Crippen LogP contribution in [0.15, 0.2) is 17.1 Å². The van der Waals surface area contributed by atoms with Crippen LogP contribution in [0, 0.1) is 0 Å². The van der Waals surface area contributed by atoms with E-state index in [1.807, 2.05) is 0 Å². The molecule has 0 aliphatic carbocycles. The van der Waals surface area contributed by atoms with Crippen LogP contribution in [0.25, 0.3) is 0 Å². The minimum Gasteiger partial charge on any atom is -0.195 e. The van der Waals surface area contributed by atoms with Crippen molar-refractivity contribution in [3.05, 3.63) is 12.7 Å². The van der Waals surface area contributed by atoms with Gasteiger partial charge in [-0.2, -0.15) is 26.0 Å². The fourth-order valence-electron chi connectivity index (χ4n) is 0.183. The summed E-state index contributed by atoms with van der Waals surface area (Å²) in [6.07, 6.45) is 1.30. The predicted octanol–water partition coefficient (Wildman–Crippen LogP) is 1.09. The molecule has 0 spiro atoms. The number of sulfonamides is 1. The molecule has 0 fully saturated rings. The molecular weight excluding hydrogens is 183 g/mol. The summed E-state index contributed by atoms with van der Waals surface area (Å²) in [5.74, 6) is 0. The second-order valence-corrected chi connectivity index (χ2v) is 3.03. The van der Waals surface area contributed by atoms with Crippen LogP contribution in [0.3, 0.4) is 0 Å². The Balaban J connectivity index is 4.78. The van der Waals surface area contributed by atoms with Gasteiger partial charge in [0.15, 0.2) is 0 Å². The average molecular weight is 187 g/mol. The first-order valence-corrected chi connectivity index (χ1v) is 3.73. The van der Waals surface area contributed by atoms with Gasteiger partial charge in [0.25, 0.3) is 0 Å². The zero-order chi connectivity index (χ0) is 9.12. The zero-order valence-electron chi connectivity index (χ0n) is 5.17. The quantitative estimate of drug-likeness (QED) is 0.607. The van der Waals surface area contributed by atoms with E-state index in [0.717, 1.165) is 6.08 Å². The lowest BCUT2D eigenvalue weighted by Crippen LogP contribution is -2.20. The van der Waals surface area contributed by atoms with Crippen molar-refractivity contribution in [2.45, 2.75) is 5.51 Å². The molecule has 3 nitrogen and oxygen atoms in total. The Morgan fingerprint density at radius 2 is 1.82 bits per heavy atom. The average Bonchev–Trinajstić information content (AvgIpc) is 1.81. The number of hydrogen-bond acceptors (Lipinski definition) is 2. The van der Waals surface area contributed by atoms with Crippen LogP contribution in [0.4, 0.5) is 13.2 Å². The third-order valence-corrected chi connectivity index (χ3v) is 1.58. The minimum absolute atomic E-state index is 0.461. The lowest BCUT2D eigenvalue weighted by Gasteiger charge is -2.00. The van der Waals surface area contributed by atoms with Crippen molar-refractivity contribution in [2.24, 2.45) is 4.40 Å². The summed E-state index contributed by atoms with van der Waals surface area (Å²) < 4.78 is 56.6. The van der Waals surface area contributed by atoms with Crippen molar-refractivity contribution in [2.75, 3.05) is 0 Å². The van der Waals surface area contributed by atoms with Crippen LogP contribution in [0.1, 0.15) is 0 Å². The lowest BCUT2D eigenvalue weighted by atomic mass is 10.7. The molecule has 64 valence electrons. The number of allylic oxidation sites excluding steroid dienone is 1. The molecule has 0 aromatic heterocycles. The molecule has 7 heteroatoms. The summed E-state index contributed by atoms with van der Waals surface area (Å²) in [6.45, 7) is 2.96. The molecule has 0 radical (unpaired) electrons. The Morgan fingerprint density at radius 1 is 1.36 bits per heavy atom. The van der Waals surface area contributed by atoms with Crippen LogP contribution in [0.5, 0.6) is 0 Å². The molecular formula is C4H4F3NO2S. The smallest absolute Gasteiger partial charge is 0.195 e. The highest BCUT2D eigenvalue weighted by atomic mass is 32.2. The van der Waals surface area contributed by atoms with E-state index in [9.17, 15) is 21.6 Å². The third kappa shape index (κ3) is 2.71. The van der Waals surface area contributed by atoms with Gasteiger partial charge in [-0.1, -0.05) is 12.7 Å².